The third-order valence-electron chi connectivity index (χ3n) is 4.00. The van der Waals surface area contributed by atoms with Crippen molar-refractivity contribution < 1.29 is 14.3 Å². The maximum absolute atomic E-state index is 12.0. The lowest BCUT2D eigenvalue weighted by atomic mass is 10.1. The summed E-state index contributed by atoms with van der Waals surface area (Å²) in [6.45, 7) is 2.21. The number of fused-ring (bicyclic) bond motifs is 1. The number of aryl methyl sites for hydroxylation is 2. The lowest BCUT2D eigenvalue weighted by molar-refractivity contribution is -0.121. The van der Waals surface area contributed by atoms with Gasteiger partial charge in [-0.15, -0.1) is 0 Å². The van der Waals surface area contributed by atoms with E-state index in [1.807, 2.05) is 12.3 Å². The number of amides is 1. The van der Waals surface area contributed by atoms with E-state index in [-0.39, 0.29) is 12.5 Å². The number of carbonyl (C=O) groups excluding carboxylic acids is 1. The van der Waals surface area contributed by atoms with E-state index in [2.05, 4.69) is 29.4 Å². The fourth-order valence-corrected chi connectivity index (χ4v) is 2.70. The van der Waals surface area contributed by atoms with Crippen molar-refractivity contribution in [2.45, 2.75) is 25.9 Å². The van der Waals surface area contributed by atoms with Gasteiger partial charge in [0.25, 0.3) is 0 Å². The lowest BCUT2D eigenvalue weighted by Crippen LogP contribution is -2.28. The second kappa shape index (κ2) is 6.71. The summed E-state index contributed by atoms with van der Waals surface area (Å²) in [5.74, 6) is 0.370. The predicted octanol–water partition coefficient (Wildman–Crippen LogP) is 2.85. The molecule has 5 heteroatoms. The first-order valence-corrected chi connectivity index (χ1v) is 7.69. The molecule has 1 unspecified atom stereocenters. The molecule has 0 saturated heterocycles. The molecular formula is C18H20N2O3. The summed E-state index contributed by atoms with van der Waals surface area (Å²) in [4.78, 5) is 15.2. The van der Waals surface area contributed by atoms with Crippen LogP contribution in [0.3, 0.4) is 0 Å². The third kappa shape index (κ3) is 3.46. The van der Waals surface area contributed by atoms with Crippen molar-refractivity contribution >= 4 is 16.8 Å². The molecule has 0 bridgehead atoms. The minimum Gasteiger partial charge on any atom is -0.467 e. The first-order valence-electron chi connectivity index (χ1n) is 7.69. The molecule has 3 rings (SSSR count). The molecule has 3 N–H and O–H groups in total. The number of H-pyrrole nitrogens is 1. The molecule has 0 radical (unpaired) electrons. The van der Waals surface area contributed by atoms with Crippen molar-refractivity contribution in [3.05, 3.63) is 59.7 Å². The fourth-order valence-electron chi connectivity index (χ4n) is 2.70. The number of nitrogens with one attached hydrogen (secondary N) is 2. The van der Waals surface area contributed by atoms with Crippen LogP contribution in [0.25, 0.3) is 10.9 Å². The van der Waals surface area contributed by atoms with Crippen LogP contribution in [0.15, 0.2) is 47.2 Å². The Balaban J connectivity index is 1.53. The van der Waals surface area contributed by atoms with Gasteiger partial charge >= 0.3 is 0 Å². The summed E-state index contributed by atoms with van der Waals surface area (Å²) in [5.41, 5.74) is 3.45. The lowest BCUT2D eigenvalue weighted by Gasteiger charge is -2.09. The molecule has 23 heavy (non-hydrogen) atoms. The Hall–Kier alpha value is -2.53. The Morgan fingerprint density at radius 2 is 2.22 bits per heavy atom. The van der Waals surface area contributed by atoms with Crippen LogP contribution in [0.1, 0.15) is 29.4 Å². The highest BCUT2D eigenvalue weighted by atomic mass is 16.4. The number of aromatic nitrogens is 1. The van der Waals surface area contributed by atoms with Gasteiger partial charge in [-0.3, -0.25) is 4.79 Å². The molecule has 3 aromatic rings. The Morgan fingerprint density at radius 3 is 3.00 bits per heavy atom. The van der Waals surface area contributed by atoms with E-state index >= 15 is 0 Å². The maximum Gasteiger partial charge on any atom is 0.220 e. The molecule has 0 aliphatic rings. The van der Waals surface area contributed by atoms with Crippen LogP contribution in [0.2, 0.25) is 0 Å². The SMILES string of the molecule is Cc1cccc2c(CCC(=O)NCC(O)c3ccco3)c[nH]c12. The van der Waals surface area contributed by atoms with Crippen LogP contribution in [-0.2, 0) is 11.2 Å². The number of rotatable bonds is 6. The van der Waals surface area contributed by atoms with E-state index in [9.17, 15) is 9.90 Å². The van der Waals surface area contributed by atoms with Crippen molar-refractivity contribution in [3.8, 4) is 0 Å². The Kier molecular flexibility index (Phi) is 4.48. The van der Waals surface area contributed by atoms with Crippen LogP contribution in [0.5, 0.6) is 0 Å². The Labute approximate surface area is 134 Å². The monoisotopic (exact) mass is 312 g/mol. The molecule has 1 aromatic carbocycles. The average Bonchev–Trinajstić information content (AvgIpc) is 3.21. The second-order valence-electron chi connectivity index (χ2n) is 5.65. The van der Waals surface area contributed by atoms with Gasteiger partial charge in [0.2, 0.25) is 5.91 Å². The smallest absolute Gasteiger partial charge is 0.220 e. The number of benzene rings is 1. The minimum absolute atomic E-state index is 0.0855. The number of hydrogen-bond donors (Lipinski definition) is 3. The van der Waals surface area contributed by atoms with E-state index in [1.165, 1.54) is 11.8 Å². The number of para-hydroxylation sites is 1. The third-order valence-corrected chi connectivity index (χ3v) is 4.00. The summed E-state index contributed by atoms with van der Waals surface area (Å²) >= 11 is 0. The van der Waals surface area contributed by atoms with Crippen LogP contribution in [0.4, 0.5) is 0 Å². The van der Waals surface area contributed by atoms with Gasteiger partial charge in [0.15, 0.2) is 0 Å². The van der Waals surface area contributed by atoms with Gasteiger partial charge in [-0.25, -0.2) is 0 Å². The van der Waals surface area contributed by atoms with Crippen molar-refractivity contribution in [2.75, 3.05) is 6.54 Å². The van der Waals surface area contributed by atoms with Crippen molar-refractivity contribution in [1.29, 1.82) is 0 Å². The van der Waals surface area contributed by atoms with Gasteiger partial charge in [0, 0.05) is 23.5 Å². The largest absolute Gasteiger partial charge is 0.467 e. The Morgan fingerprint density at radius 1 is 1.35 bits per heavy atom. The predicted molar refractivity (Wildman–Crippen MR) is 88.0 cm³/mol. The van der Waals surface area contributed by atoms with Gasteiger partial charge < -0.3 is 19.8 Å². The molecule has 1 atom stereocenters. The van der Waals surface area contributed by atoms with Crippen LogP contribution < -0.4 is 5.32 Å². The zero-order chi connectivity index (χ0) is 16.2. The molecule has 1 amide bonds. The maximum atomic E-state index is 12.0. The summed E-state index contributed by atoms with van der Waals surface area (Å²) < 4.78 is 5.10. The molecule has 5 nitrogen and oxygen atoms in total. The number of aliphatic hydroxyl groups is 1. The van der Waals surface area contributed by atoms with Gasteiger partial charge in [0.1, 0.15) is 11.9 Å². The molecule has 0 saturated carbocycles. The summed E-state index contributed by atoms with van der Waals surface area (Å²) in [6, 6.07) is 9.54. The van der Waals surface area contributed by atoms with Crippen molar-refractivity contribution in [1.82, 2.24) is 10.3 Å². The van der Waals surface area contributed by atoms with Gasteiger partial charge in [-0.05, 0) is 36.6 Å². The van der Waals surface area contributed by atoms with E-state index in [0.29, 0.717) is 18.6 Å². The molecule has 0 aliphatic heterocycles. The van der Waals surface area contributed by atoms with Crippen LogP contribution >= 0.6 is 0 Å². The highest BCUT2D eigenvalue weighted by molar-refractivity contribution is 5.86. The molecule has 0 aliphatic carbocycles. The van der Waals surface area contributed by atoms with Crippen LogP contribution in [-0.4, -0.2) is 22.5 Å². The van der Waals surface area contributed by atoms with Crippen molar-refractivity contribution in [3.63, 3.8) is 0 Å². The molecule has 120 valence electrons. The molecule has 0 fully saturated rings. The minimum atomic E-state index is -0.815. The van der Waals surface area contributed by atoms with E-state index in [0.717, 1.165) is 16.5 Å². The van der Waals surface area contributed by atoms with Gasteiger partial charge in [-0.1, -0.05) is 18.2 Å². The van der Waals surface area contributed by atoms with Gasteiger partial charge in [0.05, 0.1) is 12.8 Å². The average molecular weight is 312 g/mol. The van der Waals surface area contributed by atoms with E-state index in [1.54, 1.807) is 12.1 Å². The number of hydrogen-bond acceptors (Lipinski definition) is 3. The quantitative estimate of drug-likeness (QED) is 0.655. The van der Waals surface area contributed by atoms with Crippen molar-refractivity contribution in [2.24, 2.45) is 0 Å². The normalized spacial score (nSPS) is 12.4. The zero-order valence-corrected chi connectivity index (χ0v) is 13.0. The summed E-state index contributed by atoms with van der Waals surface area (Å²) in [7, 11) is 0. The number of aliphatic hydroxyl groups excluding tert-OH is 1. The fraction of sp³-hybridized carbons (Fsp3) is 0.278. The number of furan rings is 1. The highest BCUT2D eigenvalue weighted by Crippen LogP contribution is 2.22. The molecule has 2 aromatic heterocycles. The van der Waals surface area contributed by atoms with E-state index in [4.69, 9.17) is 4.42 Å². The molecular weight excluding hydrogens is 292 g/mol. The second-order valence-corrected chi connectivity index (χ2v) is 5.65. The van der Waals surface area contributed by atoms with E-state index < -0.39 is 6.10 Å². The molecule has 2 heterocycles. The van der Waals surface area contributed by atoms with Crippen LogP contribution in [0, 0.1) is 6.92 Å². The number of aromatic amines is 1. The standard InChI is InChI=1S/C18H20N2O3/c1-12-4-2-5-14-13(10-20-18(12)14)7-8-17(22)19-11-15(21)16-6-3-9-23-16/h2-6,9-10,15,20-21H,7-8,11H2,1H3,(H,19,22). The first-order chi connectivity index (χ1) is 11.1. The molecule has 0 spiro atoms. The summed E-state index contributed by atoms with van der Waals surface area (Å²) in [6.07, 6.45) is 3.68. The summed E-state index contributed by atoms with van der Waals surface area (Å²) in [5, 5.41) is 13.8. The Bertz CT molecular complexity index is 790. The van der Waals surface area contributed by atoms with Gasteiger partial charge in [-0.2, -0.15) is 0 Å². The highest BCUT2D eigenvalue weighted by Gasteiger charge is 2.12. The number of carbonyl (C=O) groups is 1. The first kappa shape index (κ1) is 15.4. The zero-order valence-electron chi connectivity index (χ0n) is 13.0. The topological polar surface area (TPSA) is 78.3 Å².